The molecule has 144 valence electrons. The average molecular weight is 397 g/mol. The fraction of sp³-hybridized carbons (Fsp3) is 0.429. The number of nitrogens with one attached hydrogen (secondary N) is 1. The van der Waals surface area contributed by atoms with E-state index in [9.17, 15) is 0 Å². The fourth-order valence-electron chi connectivity index (χ4n) is 3.31. The molecule has 3 rings (SSSR count). The van der Waals surface area contributed by atoms with Crippen LogP contribution >= 0.6 is 24.8 Å². The van der Waals surface area contributed by atoms with E-state index >= 15 is 0 Å². The van der Waals surface area contributed by atoms with Gasteiger partial charge in [-0.2, -0.15) is 0 Å². The van der Waals surface area contributed by atoms with Gasteiger partial charge in [-0.15, -0.1) is 24.8 Å². The van der Waals surface area contributed by atoms with Gasteiger partial charge in [0, 0.05) is 19.1 Å². The minimum Gasteiger partial charge on any atom is -0.494 e. The van der Waals surface area contributed by atoms with Gasteiger partial charge in [-0.3, -0.25) is 4.90 Å². The predicted molar refractivity (Wildman–Crippen MR) is 114 cm³/mol. The number of nitrogens with zero attached hydrogens (tertiary/aromatic N) is 1. The molecule has 0 saturated carbocycles. The molecule has 1 fully saturated rings. The minimum absolute atomic E-state index is 0. The number of benzene rings is 2. The Morgan fingerprint density at radius 1 is 0.962 bits per heavy atom. The lowest BCUT2D eigenvalue weighted by Crippen LogP contribution is -2.41. The zero-order valence-corrected chi connectivity index (χ0v) is 17.0. The van der Waals surface area contributed by atoms with Gasteiger partial charge in [0.1, 0.15) is 5.75 Å². The number of hydrogen-bond acceptors (Lipinski definition) is 3. The molecule has 0 aliphatic carbocycles. The van der Waals surface area contributed by atoms with E-state index in [4.69, 9.17) is 4.74 Å². The normalized spacial score (nSPS) is 15.0. The van der Waals surface area contributed by atoms with Crippen LogP contribution in [0.25, 0.3) is 0 Å². The molecule has 5 heteroatoms. The molecule has 0 radical (unpaired) electrons. The summed E-state index contributed by atoms with van der Waals surface area (Å²) in [6.45, 7) is 7.08. The lowest BCUT2D eigenvalue weighted by molar-refractivity contribution is 0.190. The molecule has 1 saturated heterocycles. The van der Waals surface area contributed by atoms with E-state index in [-0.39, 0.29) is 24.8 Å². The second kappa shape index (κ2) is 12.2. The molecule has 1 aliphatic rings. The van der Waals surface area contributed by atoms with Crippen LogP contribution in [0.1, 0.15) is 30.9 Å². The number of rotatable bonds is 7. The summed E-state index contributed by atoms with van der Waals surface area (Å²) in [5, 5.41) is 3.71. The van der Waals surface area contributed by atoms with Crippen molar-refractivity contribution in [2.75, 3.05) is 19.7 Å². The maximum Gasteiger partial charge on any atom is 0.119 e. The highest BCUT2D eigenvalue weighted by atomic mass is 35.5. The van der Waals surface area contributed by atoms with Crippen LogP contribution in [0.3, 0.4) is 0 Å². The first-order valence-electron chi connectivity index (χ1n) is 9.05. The summed E-state index contributed by atoms with van der Waals surface area (Å²) in [7, 11) is 0. The zero-order chi connectivity index (χ0) is 16.6. The molecule has 2 aromatic carbocycles. The van der Waals surface area contributed by atoms with Crippen molar-refractivity contribution in [2.45, 2.75) is 38.9 Å². The SMILES string of the molecule is CCOc1cccc(CNC2CCN(Cc3ccccc3)CC2)c1.Cl.Cl. The number of likely N-dealkylation sites (tertiary alicyclic amines) is 1. The molecule has 2 aromatic rings. The third-order valence-electron chi connectivity index (χ3n) is 4.64. The zero-order valence-electron chi connectivity index (χ0n) is 15.4. The Hall–Kier alpha value is -1.26. The number of piperidine rings is 1. The third-order valence-corrected chi connectivity index (χ3v) is 4.64. The summed E-state index contributed by atoms with van der Waals surface area (Å²) < 4.78 is 5.57. The summed E-state index contributed by atoms with van der Waals surface area (Å²) in [6.07, 6.45) is 2.44. The van der Waals surface area contributed by atoms with Crippen LogP contribution in [0.2, 0.25) is 0 Å². The van der Waals surface area contributed by atoms with Crippen molar-refractivity contribution in [1.29, 1.82) is 0 Å². The quantitative estimate of drug-likeness (QED) is 0.734. The summed E-state index contributed by atoms with van der Waals surface area (Å²) in [5.74, 6) is 0.967. The highest BCUT2D eigenvalue weighted by Crippen LogP contribution is 2.16. The average Bonchev–Trinajstić information content (AvgIpc) is 2.63. The van der Waals surface area contributed by atoms with Crippen molar-refractivity contribution < 1.29 is 4.74 Å². The number of hydrogen-bond donors (Lipinski definition) is 1. The molecule has 0 atom stereocenters. The molecular formula is C21H30Cl2N2O. The van der Waals surface area contributed by atoms with Gasteiger partial charge in [-0.1, -0.05) is 42.5 Å². The highest BCUT2D eigenvalue weighted by Gasteiger charge is 2.18. The van der Waals surface area contributed by atoms with Crippen LogP contribution in [0.4, 0.5) is 0 Å². The molecule has 0 unspecified atom stereocenters. The Morgan fingerprint density at radius 2 is 1.65 bits per heavy atom. The van der Waals surface area contributed by atoms with Gasteiger partial charge < -0.3 is 10.1 Å². The first-order valence-corrected chi connectivity index (χ1v) is 9.05. The molecule has 0 spiro atoms. The first-order chi connectivity index (χ1) is 11.8. The molecule has 0 aromatic heterocycles. The van der Waals surface area contributed by atoms with Gasteiger partial charge in [-0.25, -0.2) is 0 Å². The van der Waals surface area contributed by atoms with E-state index in [1.54, 1.807) is 0 Å². The molecule has 1 N–H and O–H groups in total. The van der Waals surface area contributed by atoms with Crippen LogP contribution < -0.4 is 10.1 Å². The summed E-state index contributed by atoms with van der Waals surface area (Å²) in [6, 6.07) is 19.8. The van der Waals surface area contributed by atoms with Crippen LogP contribution in [-0.4, -0.2) is 30.6 Å². The Bertz CT molecular complexity index is 616. The molecule has 1 heterocycles. The topological polar surface area (TPSA) is 24.5 Å². The van der Waals surface area contributed by atoms with Crippen molar-refractivity contribution in [3.63, 3.8) is 0 Å². The molecule has 3 nitrogen and oxygen atoms in total. The lowest BCUT2D eigenvalue weighted by Gasteiger charge is -2.32. The largest absolute Gasteiger partial charge is 0.494 e. The third kappa shape index (κ3) is 7.16. The molecule has 0 amide bonds. The maximum atomic E-state index is 5.57. The van der Waals surface area contributed by atoms with Crippen molar-refractivity contribution in [1.82, 2.24) is 10.2 Å². The second-order valence-corrected chi connectivity index (χ2v) is 6.50. The van der Waals surface area contributed by atoms with E-state index < -0.39 is 0 Å². The van der Waals surface area contributed by atoms with Crippen molar-refractivity contribution in [2.24, 2.45) is 0 Å². The van der Waals surface area contributed by atoms with Crippen molar-refractivity contribution in [3.8, 4) is 5.75 Å². The van der Waals surface area contributed by atoms with Crippen LogP contribution in [0.15, 0.2) is 54.6 Å². The minimum atomic E-state index is 0. The summed E-state index contributed by atoms with van der Waals surface area (Å²) in [5.41, 5.74) is 2.71. The standard InChI is InChI=1S/C21H28N2O.2ClH/c1-2-24-21-10-6-9-19(15-21)16-22-20-11-13-23(14-12-20)17-18-7-4-3-5-8-18;;/h3-10,15,20,22H,2,11-14,16-17H2,1H3;2*1H. The smallest absolute Gasteiger partial charge is 0.119 e. The Labute approximate surface area is 169 Å². The van der Waals surface area contributed by atoms with Crippen molar-refractivity contribution in [3.05, 3.63) is 65.7 Å². The van der Waals surface area contributed by atoms with Gasteiger partial charge in [0.2, 0.25) is 0 Å². The van der Waals surface area contributed by atoms with Gasteiger partial charge in [-0.05, 0) is 56.1 Å². The van der Waals surface area contributed by atoms with E-state index in [2.05, 4.69) is 58.7 Å². The van der Waals surface area contributed by atoms with E-state index in [1.807, 2.05) is 13.0 Å². The molecule has 26 heavy (non-hydrogen) atoms. The van der Waals surface area contributed by atoms with Gasteiger partial charge in [0.05, 0.1) is 6.61 Å². The Morgan fingerprint density at radius 3 is 2.35 bits per heavy atom. The van der Waals surface area contributed by atoms with E-state index in [0.717, 1.165) is 25.4 Å². The fourth-order valence-corrected chi connectivity index (χ4v) is 3.31. The predicted octanol–water partition coefficient (Wildman–Crippen LogP) is 4.68. The van der Waals surface area contributed by atoms with Crippen molar-refractivity contribution >= 4 is 24.8 Å². The van der Waals surface area contributed by atoms with Gasteiger partial charge in [0.25, 0.3) is 0 Å². The molecule has 1 aliphatic heterocycles. The summed E-state index contributed by atoms with van der Waals surface area (Å²) >= 11 is 0. The molecule has 0 bridgehead atoms. The highest BCUT2D eigenvalue weighted by molar-refractivity contribution is 5.85. The molecular weight excluding hydrogens is 367 g/mol. The van der Waals surface area contributed by atoms with Gasteiger partial charge >= 0.3 is 0 Å². The Balaban J connectivity index is 0.00000169. The number of halogens is 2. The van der Waals surface area contributed by atoms with E-state index in [0.29, 0.717) is 6.04 Å². The van der Waals surface area contributed by atoms with Crippen LogP contribution in [0.5, 0.6) is 5.75 Å². The summed E-state index contributed by atoms with van der Waals surface area (Å²) in [4.78, 5) is 2.56. The van der Waals surface area contributed by atoms with E-state index in [1.165, 1.54) is 37.1 Å². The monoisotopic (exact) mass is 396 g/mol. The van der Waals surface area contributed by atoms with Crippen LogP contribution in [0, 0.1) is 0 Å². The maximum absolute atomic E-state index is 5.57. The Kier molecular flexibility index (Phi) is 10.7. The number of ether oxygens (including phenoxy) is 1. The lowest BCUT2D eigenvalue weighted by atomic mass is 10.0. The van der Waals surface area contributed by atoms with Crippen LogP contribution in [-0.2, 0) is 13.1 Å². The first kappa shape index (κ1) is 22.8. The van der Waals surface area contributed by atoms with Gasteiger partial charge in [0.15, 0.2) is 0 Å². The second-order valence-electron chi connectivity index (χ2n) is 6.50.